The topological polar surface area (TPSA) is 8.17 Å². The second kappa shape index (κ2) is 16.1. The third-order valence-corrected chi connectivity index (χ3v) is 16.6. The van der Waals surface area contributed by atoms with Gasteiger partial charge < -0.3 is 9.47 Å². The highest BCUT2D eigenvalue weighted by Crippen LogP contribution is 2.65. The summed E-state index contributed by atoms with van der Waals surface area (Å²) in [6.45, 7) is 0. The van der Waals surface area contributed by atoms with Crippen molar-refractivity contribution < 1.29 is 0 Å². The number of hydrogen-bond donors (Lipinski definition) is 0. The van der Waals surface area contributed by atoms with E-state index in [1.165, 1.54) is 132 Å². The normalized spacial score (nSPS) is 12.9. The van der Waals surface area contributed by atoms with E-state index in [9.17, 15) is 0 Å². The summed E-state index contributed by atoms with van der Waals surface area (Å²) in [6.07, 6.45) is 0. The van der Waals surface area contributed by atoms with Gasteiger partial charge in [-0.05, 0) is 154 Å². The molecule has 2 nitrogen and oxygen atoms in total. The van der Waals surface area contributed by atoms with E-state index in [0.29, 0.717) is 0 Å². The van der Waals surface area contributed by atoms with Crippen LogP contribution in [0, 0.1) is 0 Å². The van der Waals surface area contributed by atoms with E-state index in [2.05, 4.69) is 289 Å². The number of aromatic nitrogens is 1. The minimum Gasteiger partial charge on any atom is -0.310 e. The van der Waals surface area contributed by atoms with Crippen LogP contribution in [0.25, 0.3) is 104 Å². The highest BCUT2D eigenvalue weighted by atomic mass is 15.1. The van der Waals surface area contributed by atoms with Gasteiger partial charge in [0.05, 0.1) is 22.1 Å². The Labute approximate surface area is 435 Å². The third kappa shape index (κ3) is 5.97. The van der Waals surface area contributed by atoms with E-state index < -0.39 is 5.41 Å². The third-order valence-electron chi connectivity index (χ3n) is 16.6. The van der Waals surface area contributed by atoms with Gasteiger partial charge >= 0.3 is 0 Å². The molecule has 2 heteroatoms. The van der Waals surface area contributed by atoms with Crippen LogP contribution in [0.4, 0.5) is 17.1 Å². The summed E-state index contributed by atoms with van der Waals surface area (Å²) in [6, 6.07) is 104. The molecule has 14 aromatic rings. The summed E-state index contributed by atoms with van der Waals surface area (Å²) < 4.78 is 2.38. The van der Waals surface area contributed by atoms with Crippen molar-refractivity contribution >= 4 is 71.2 Å². The Morgan fingerprint density at radius 2 is 0.707 bits per heavy atom. The molecule has 2 aliphatic carbocycles. The molecule has 0 atom stereocenters. The van der Waals surface area contributed by atoms with Gasteiger partial charge in [0.15, 0.2) is 0 Å². The molecule has 0 fully saturated rings. The highest BCUT2D eigenvalue weighted by Gasteiger charge is 2.53. The lowest BCUT2D eigenvalue weighted by atomic mass is 9.70. The molecule has 0 N–H and O–H groups in total. The van der Waals surface area contributed by atoms with Crippen LogP contribution < -0.4 is 4.90 Å². The first-order valence-electron chi connectivity index (χ1n) is 26.1. The fraction of sp³-hybridized carbons (Fsp3) is 0.0137. The average molecular weight is 951 g/mol. The standard InChI is InChI=1S/C73H46N2/c1-2-17-51(18-3-1)75-69-31-15-11-26-62(69)65-45-50(39-44-70(65)75)49-35-33-47(34-36-49)48-37-40-52(41-38-48)74(53-42-43-58-56-21-5-4-19-54(56)55-20-6-7-22-57(55)64(58)46-53)71-32-16-27-63-61-25-10-14-30-68(61)73(72(63)71)66-28-12-8-23-59(66)60-24-9-13-29-67(60)73/h1-46H. The number of hydrogen-bond acceptors (Lipinski definition) is 1. The monoisotopic (exact) mass is 950 g/mol. The van der Waals surface area contributed by atoms with Crippen molar-refractivity contribution in [1.29, 1.82) is 0 Å². The van der Waals surface area contributed by atoms with Crippen LogP contribution in [0.2, 0.25) is 0 Å². The SMILES string of the molecule is c1ccc(-n2c3ccccc3c3cc(-c4ccc(-c5ccc(N(c6ccc7c8ccccc8c8ccccc8c7c6)c6cccc7c6C6(c8ccccc8-c8ccccc86)c6ccccc6-7)cc5)cc4)ccc32)cc1. The van der Waals surface area contributed by atoms with Crippen LogP contribution in [0.3, 0.4) is 0 Å². The molecule has 1 spiro atoms. The molecule has 0 amide bonds. The molecule has 1 heterocycles. The minimum atomic E-state index is -0.529. The molecular weight excluding hydrogens is 905 g/mol. The molecule has 16 rings (SSSR count). The van der Waals surface area contributed by atoms with Gasteiger partial charge in [0, 0.05) is 33.4 Å². The van der Waals surface area contributed by atoms with Gasteiger partial charge in [-0.1, -0.05) is 218 Å². The number of anilines is 3. The van der Waals surface area contributed by atoms with Crippen molar-refractivity contribution in [3.63, 3.8) is 0 Å². The molecule has 2 aliphatic rings. The van der Waals surface area contributed by atoms with Crippen LogP contribution in [-0.2, 0) is 5.41 Å². The van der Waals surface area contributed by atoms with Gasteiger partial charge in [0.25, 0.3) is 0 Å². The van der Waals surface area contributed by atoms with Gasteiger partial charge in [-0.15, -0.1) is 0 Å². The maximum atomic E-state index is 2.54. The van der Waals surface area contributed by atoms with Crippen molar-refractivity contribution in [3.8, 4) is 50.2 Å². The van der Waals surface area contributed by atoms with Gasteiger partial charge in [-0.3, -0.25) is 0 Å². The Balaban J connectivity index is 0.860. The number of benzene rings is 13. The maximum Gasteiger partial charge on any atom is 0.0746 e. The Hall–Kier alpha value is -9.76. The second-order valence-corrected chi connectivity index (χ2v) is 20.3. The molecule has 0 bridgehead atoms. The maximum absolute atomic E-state index is 2.54. The Kier molecular flexibility index (Phi) is 8.99. The largest absolute Gasteiger partial charge is 0.310 e. The number of fused-ring (bicyclic) bond motifs is 19. The van der Waals surface area contributed by atoms with Gasteiger partial charge in [0.1, 0.15) is 0 Å². The smallest absolute Gasteiger partial charge is 0.0746 e. The quantitative estimate of drug-likeness (QED) is 0.151. The zero-order valence-electron chi connectivity index (χ0n) is 41.0. The average Bonchev–Trinajstić information content (AvgIpc) is 4.17. The van der Waals surface area contributed by atoms with Gasteiger partial charge in [0.2, 0.25) is 0 Å². The fourth-order valence-electron chi connectivity index (χ4n) is 13.4. The fourth-order valence-corrected chi connectivity index (χ4v) is 13.4. The Morgan fingerprint density at radius 1 is 0.267 bits per heavy atom. The van der Waals surface area contributed by atoms with Crippen LogP contribution >= 0.6 is 0 Å². The predicted octanol–water partition coefficient (Wildman–Crippen LogP) is 19.4. The van der Waals surface area contributed by atoms with E-state index in [-0.39, 0.29) is 0 Å². The first-order valence-corrected chi connectivity index (χ1v) is 26.1. The number of rotatable bonds is 6. The summed E-state index contributed by atoms with van der Waals surface area (Å²) in [7, 11) is 0. The van der Waals surface area contributed by atoms with Crippen molar-refractivity contribution in [1.82, 2.24) is 4.57 Å². The summed E-state index contributed by atoms with van der Waals surface area (Å²) >= 11 is 0. The second-order valence-electron chi connectivity index (χ2n) is 20.3. The van der Waals surface area contributed by atoms with E-state index in [4.69, 9.17) is 0 Å². The van der Waals surface area contributed by atoms with E-state index in [0.717, 1.165) is 11.4 Å². The minimum absolute atomic E-state index is 0.529. The Bertz CT molecular complexity index is 4540. The zero-order chi connectivity index (χ0) is 49.2. The van der Waals surface area contributed by atoms with Crippen molar-refractivity contribution in [2.45, 2.75) is 5.41 Å². The molecule has 0 radical (unpaired) electrons. The van der Waals surface area contributed by atoms with Gasteiger partial charge in [-0.25, -0.2) is 0 Å². The number of nitrogens with zero attached hydrogens (tertiary/aromatic N) is 2. The van der Waals surface area contributed by atoms with Crippen molar-refractivity contribution in [2.75, 3.05) is 4.90 Å². The highest BCUT2D eigenvalue weighted by molar-refractivity contribution is 6.26. The van der Waals surface area contributed by atoms with E-state index >= 15 is 0 Å². The van der Waals surface area contributed by atoms with Gasteiger partial charge in [-0.2, -0.15) is 0 Å². The van der Waals surface area contributed by atoms with Crippen LogP contribution in [-0.4, -0.2) is 4.57 Å². The van der Waals surface area contributed by atoms with Crippen LogP contribution in [0.15, 0.2) is 279 Å². The molecule has 1 aromatic heterocycles. The molecule has 0 unspecified atom stereocenters. The molecular formula is C73H46N2. The molecule has 0 aliphatic heterocycles. The Morgan fingerprint density at radius 3 is 1.33 bits per heavy atom. The molecule has 348 valence electrons. The summed E-state index contributed by atoms with van der Waals surface area (Å²) in [5.74, 6) is 0. The zero-order valence-corrected chi connectivity index (χ0v) is 41.0. The molecule has 0 saturated carbocycles. The van der Waals surface area contributed by atoms with Crippen molar-refractivity contribution in [3.05, 3.63) is 301 Å². The lowest BCUT2D eigenvalue weighted by molar-refractivity contribution is 0.793. The van der Waals surface area contributed by atoms with E-state index in [1.807, 2.05) is 0 Å². The molecule has 13 aromatic carbocycles. The van der Waals surface area contributed by atoms with Crippen LogP contribution in [0.5, 0.6) is 0 Å². The van der Waals surface area contributed by atoms with Crippen molar-refractivity contribution in [2.24, 2.45) is 0 Å². The lowest BCUT2D eigenvalue weighted by Gasteiger charge is -2.36. The summed E-state index contributed by atoms with van der Waals surface area (Å²) in [4.78, 5) is 2.54. The number of para-hydroxylation sites is 2. The lowest BCUT2D eigenvalue weighted by Crippen LogP contribution is -2.28. The van der Waals surface area contributed by atoms with Crippen LogP contribution in [0.1, 0.15) is 22.3 Å². The first kappa shape index (κ1) is 41.8. The summed E-state index contributed by atoms with van der Waals surface area (Å²) in [5.41, 5.74) is 21.7. The first-order chi connectivity index (χ1) is 37.2. The van der Waals surface area contributed by atoms with E-state index in [1.54, 1.807) is 0 Å². The predicted molar refractivity (Wildman–Crippen MR) is 315 cm³/mol. The molecule has 0 saturated heterocycles. The molecule has 75 heavy (non-hydrogen) atoms. The summed E-state index contributed by atoms with van der Waals surface area (Å²) in [5, 5.41) is 10.1.